The molecule has 0 aliphatic carbocycles. The summed E-state index contributed by atoms with van der Waals surface area (Å²) in [6.07, 6.45) is 0. The van der Waals surface area contributed by atoms with E-state index in [4.69, 9.17) is 23.2 Å². The molecule has 2 rings (SSSR count). The highest BCUT2D eigenvalue weighted by Crippen LogP contribution is 2.11. The van der Waals surface area contributed by atoms with Crippen molar-refractivity contribution in [3.63, 3.8) is 0 Å². The van der Waals surface area contributed by atoms with Crippen LogP contribution in [-0.2, 0) is 17.9 Å². The predicted molar refractivity (Wildman–Crippen MR) is 91.1 cm³/mol. The number of amides is 1. The molecule has 0 bridgehead atoms. The average molecular weight is 337 g/mol. The summed E-state index contributed by atoms with van der Waals surface area (Å²) in [4.78, 5) is 13.9. The van der Waals surface area contributed by atoms with Crippen LogP contribution >= 0.6 is 23.2 Å². The van der Waals surface area contributed by atoms with E-state index >= 15 is 0 Å². The Morgan fingerprint density at radius 3 is 2.45 bits per heavy atom. The number of benzene rings is 2. The molecule has 0 aromatic heterocycles. The molecule has 5 heteroatoms. The van der Waals surface area contributed by atoms with Crippen LogP contribution in [0.4, 0.5) is 0 Å². The number of carbonyl (C=O) groups is 1. The summed E-state index contributed by atoms with van der Waals surface area (Å²) < 4.78 is 0. The Hall–Kier alpha value is -1.55. The minimum Gasteiger partial charge on any atom is -0.351 e. The summed E-state index contributed by atoms with van der Waals surface area (Å²) >= 11 is 11.8. The van der Waals surface area contributed by atoms with Gasteiger partial charge in [0, 0.05) is 23.1 Å². The zero-order valence-corrected chi connectivity index (χ0v) is 13.9. The van der Waals surface area contributed by atoms with Crippen molar-refractivity contribution in [3.8, 4) is 0 Å². The van der Waals surface area contributed by atoms with Gasteiger partial charge >= 0.3 is 0 Å². The third-order valence-corrected chi connectivity index (χ3v) is 3.65. The lowest BCUT2D eigenvalue weighted by molar-refractivity contribution is -0.122. The number of nitrogens with zero attached hydrogens (tertiary/aromatic N) is 1. The molecule has 0 heterocycles. The Morgan fingerprint density at radius 2 is 1.77 bits per heavy atom. The van der Waals surface area contributed by atoms with Crippen molar-refractivity contribution in [1.82, 2.24) is 10.2 Å². The lowest BCUT2D eigenvalue weighted by Gasteiger charge is -2.16. The number of hydrogen-bond donors (Lipinski definition) is 1. The van der Waals surface area contributed by atoms with E-state index in [1.807, 2.05) is 60.5 Å². The van der Waals surface area contributed by atoms with Gasteiger partial charge in [0.2, 0.25) is 5.91 Å². The maximum Gasteiger partial charge on any atom is 0.234 e. The number of carbonyl (C=O) groups excluding carboxylic acids is 1. The van der Waals surface area contributed by atoms with Gasteiger partial charge in [-0.15, -0.1) is 0 Å². The van der Waals surface area contributed by atoms with Crippen LogP contribution in [0.25, 0.3) is 0 Å². The van der Waals surface area contributed by atoms with Gasteiger partial charge in [-0.2, -0.15) is 0 Å². The van der Waals surface area contributed by atoms with Crippen molar-refractivity contribution in [2.75, 3.05) is 13.6 Å². The molecule has 0 aliphatic heterocycles. The number of rotatable bonds is 6. The monoisotopic (exact) mass is 336 g/mol. The lowest BCUT2D eigenvalue weighted by Crippen LogP contribution is -2.34. The van der Waals surface area contributed by atoms with Crippen molar-refractivity contribution in [2.24, 2.45) is 0 Å². The van der Waals surface area contributed by atoms with E-state index in [2.05, 4.69) is 5.32 Å². The van der Waals surface area contributed by atoms with Crippen molar-refractivity contribution < 1.29 is 4.79 Å². The molecule has 1 N–H and O–H groups in total. The number of nitrogens with one attached hydrogen (secondary N) is 1. The second-order valence-corrected chi connectivity index (χ2v) is 6.08. The van der Waals surface area contributed by atoms with Crippen LogP contribution in [0.1, 0.15) is 11.1 Å². The third kappa shape index (κ3) is 5.68. The van der Waals surface area contributed by atoms with Gasteiger partial charge in [0.25, 0.3) is 0 Å². The number of likely N-dealkylation sites (N-methyl/N-ethyl adjacent to an activating group) is 1. The third-order valence-electron chi connectivity index (χ3n) is 3.16. The van der Waals surface area contributed by atoms with Gasteiger partial charge in [0.1, 0.15) is 0 Å². The van der Waals surface area contributed by atoms with E-state index < -0.39 is 0 Å². The molecule has 0 saturated heterocycles. The van der Waals surface area contributed by atoms with Gasteiger partial charge in [0.05, 0.1) is 6.54 Å². The first-order chi connectivity index (χ1) is 10.5. The molecule has 0 radical (unpaired) electrons. The van der Waals surface area contributed by atoms with Crippen LogP contribution in [0.3, 0.4) is 0 Å². The molecule has 0 fully saturated rings. The summed E-state index contributed by atoms with van der Waals surface area (Å²) in [5.41, 5.74) is 2.11. The minimum absolute atomic E-state index is 0.0172. The lowest BCUT2D eigenvalue weighted by atomic mass is 10.2. The highest BCUT2D eigenvalue weighted by atomic mass is 35.5. The largest absolute Gasteiger partial charge is 0.351 e. The van der Waals surface area contributed by atoms with E-state index in [1.165, 1.54) is 0 Å². The molecule has 0 saturated carbocycles. The van der Waals surface area contributed by atoms with Crippen LogP contribution in [0.2, 0.25) is 10.0 Å². The van der Waals surface area contributed by atoms with E-state index in [9.17, 15) is 4.79 Å². The SMILES string of the molecule is CN(CC(=O)NCc1cccc(Cl)c1)Cc1ccc(Cl)cc1. The summed E-state index contributed by atoms with van der Waals surface area (Å²) in [7, 11) is 1.91. The summed E-state index contributed by atoms with van der Waals surface area (Å²) in [6, 6.07) is 15.1. The first-order valence-electron chi connectivity index (χ1n) is 6.97. The molecule has 2 aromatic carbocycles. The molecular weight excluding hydrogens is 319 g/mol. The smallest absolute Gasteiger partial charge is 0.234 e. The average Bonchev–Trinajstić information content (AvgIpc) is 2.47. The highest BCUT2D eigenvalue weighted by molar-refractivity contribution is 6.30. The second-order valence-electron chi connectivity index (χ2n) is 5.21. The van der Waals surface area contributed by atoms with Crippen molar-refractivity contribution in [2.45, 2.75) is 13.1 Å². The molecule has 3 nitrogen and oxygen atoms in total. The predicted octanol–water partition coefficient (Wildman–Crippen LogP) is 3.74. The van der Waals surface area contributed by atoms with E-state index in [0.29, 0.717) is 29.7 Å². The molecule has 2 aromatic rings. The molecule has 0 spiro atoms. The van der Waals surface area contributed by atoms with Crippen LogP contribution in [-0.4, -0.2) is 24.4 Å². The van der Waals surface area contributed by atoms with Crippen LogP contribution in [0, 0.1) is 0 Å². The molecule has 22 heavy (non-hydrogen) atoms. The first-order valence-corrected chi connectivity index (χ1v) is 7.72. The topological polar surface area (TPSA) is 32.3 Å². The number of halogens is 2. The van der Waals surface area contributed by atoms with E-state index in [0.717, 1.165) is 11.1 Å². The van der Waals surface area contributed by atoms with Crippen molar-refractivity contribution in [1.29, 1.82) is 0 Å². The Morgan fingerprint density at radius 1 is 1.05 bits per heavy atom. The van der Waals surface area contributed by atoms with Gasteiger partial charge in [0.15, 0.2) is 0 Å². The Bertz CT molecular complexity index is 629. The second kappa shape index (κ2) is 8.18. The quantitative estimate of drug-likeness (QED) is 0.871. The Balaban J connectivity index is 1.77. The molecule has 0 aliphatic rings. The van der Waals surface area contributed by atoms with E-state index in [-0.39, 0.29) is 5.91 Å². The Labute approximate surface area is 140 Å². The van der Waals surface area contributed by atoms with Gasteiger partial charge in [-0.1, -0.05) is 47.5 Å². The molecule has 116 valence electrons. The van der Waals surface area contributed by atoms with Crippen LogP contribution in [0.15, 0.2) is 48.5 Å². The summed E-state index contributed by atoms with van der Waals surface area (Å²) in [6.45, 7) is 1.51. The Kier molecular flexibility index (Phi) is 6.25. The zero-order chi connectivity index (χ0) is 15.9. The van der Waals surface area contributed by atoms with E-state index in [1.54, 1.807) is 0 Å². The van der Waals surface area contributed by atoms with Gasteiger partial charge in [-0.05, 0) is 42.4 Å². The zero-order valence-electron chi connectivity index (χ0n) is 12.4. The van der Waals surface area contributed by atoms with Gasteiger partial charge in [-0.25, -0.2) is 0 Å². The molecular formula is C17H18Cl2N2O. The number of hydrogen-bond acceptors (Lipinski definition) is 2. The van der Waals surface area contributed by atoms with Gasteiger partial charge < -0.3 is 5.32 Å². The van der Waals surface area contributed by atoms with Gasteiger partial charge in [-0.3, -0.25) is 9.69 Å². The first kappa shape index (κ1) is 16.8. The van der Waals surface area contributed by atoms with Crippen LogP contribution in [0.5, 0.6) is 0 Å². The maximum atomic E-state index is 11.9. The fourth-order valence-corrected chi connectivity index (χ4v) is 2.44. The minimum atomic E-state index is -0.0172. The summed E-state index contributed by atoms with van der Waals surface area (Å²) in [5.74, 6) is -0.0172. The summed E-state index contributed by atoms with van der Waals surface area (Å²) in [5, 5.41) is 4.28. The molecule has 0 atom stereocenters. The van der Waals surface area contributed by atoms with Crippen molar-refractivity contribution in [3.05, 3.63) is 69.7 Å². The molecule has 0 unspecified atom stereocenters. The highest BCUT2D eigenvalue weighted by Gasteiger charge is 2.07. The van der Waals surface area contributed by atoms with Crippen LogP contribution < -0.4 is 5.32 Å². The fourth-order valence-electron chi connectivity index (χ4n) is 2.11. The normalized spacial score (nSPS) is 10.7. The maximum absolute atomic E-state index is 11.9. The standard InChI is InChI=1S/C17H18Cl2N2O/c1-21(11-13-5-7-15(18)8-6-13)12-17(22)20-10-14-3-2-4-16(19)9-14/h2-9H,10-12H2,1H3,(H,20,22). The molecule has 1 amide bonds. The fraction of sp³-hybridized carbons (Fsp3) is 0.235. The van der Waals surface area contributed by atoms with Crippen molar-refractivity contribution >= 4 is 29.1 Å².